The summed E-state index contributed by atoms with van der Waals surface area (Å²) in [5.74, 6) is -0.410. The number of aliphatic hydroxyl groups is 1. The number of aliphatic hydroxyl groups excluding tert-OH is 1. The molecular weight excluding hydrogens is 184 g/mol. The van der Waals surface area contributed by atoms with Crippen LogP contribution in [0.5, 0.6) is 0 Å². The zero-order chi connectivity index (χ0) is 10.8. The first-order valence-corrected chi connectivity index (χ1v) is 4.91. The molecule has 0 aliphatic carbocycles. The van der Waals surface area contributed by atoms with E-state index in [4.69, 9.17) is 15.6 Å². The Kier molecular flexibility index (Phi) is 8.51. The summed E-state index contributed by atoms with van der Waals surface area (Å²) >= 11 is 0. The third-order valence-electron chi connectivity index (χ3n) is 1.94. The maximum Gasteiger partial charge on any atom is 0.221 e. The Morgan fingerprint density at radius 3 is 2.86 bits per heavy atom. The van der Waals surface area contributed by atoms with E-state index >= 15 is 0 Å². The molecule has 84 valence electrons. The molecule has 1 amide bonds. The van der Waals surface area contributed by atoms with Gasteiger partial charge in [-0.2, -0.15) is 0 Å². The fourth-order valence-corrected chi connectivity index (χ4v) is 0.990. The van der Waals surface area contributed by atoms with Gasteiger partial charge in [-0.3, -0.25) is 10.1 Å². The van der Waals surface area contributed by atoms with Crippen LogP contribution in [0.3, 0.4) is 0 Å². The number of hydrogen-bond donors (Lipinski definition) is 3. The third-order valence-corrected chi connectivity index (χ3v) is 1.94. The van der Waals surface area contributed by atoms with E-state index < -0.39 is 0 Å². The smallest absolute Gasteiger partial charge is 0.221 e. The van der Waals surface area contributed by atoms with Gasteiger partial charge in [-0.15, -0.1) is 0 Å². The van der Waals surface area contributed by atoms with Gasteiger partial charge >= 0.3 is 0 Å². The lowest BCUT2D eigenvalue weighted by molar-refractivity contribution is -0.121. The maximum absolute atomic E-state index is 10.8. The van der Waals surface area contributed by atoms with Crippen LogP contribution in [0.15, 0.2) is 0 Å². The number of amides is 1. The first kappa shape index (κ1) is 13.4. The van der Waals surface area contributed by atoms with E-state index in [0.717, 1.165) is 6.42 Å². The summed E-state index contributed by atoms with van der Waals surface area (Å²) in [6, 6.07) is 0. The number of carbonyl (C=O) groups is 1. The molecule has 0 aromatic rings. The topological polar surface area (TPSA) is 84.6 Å². The van der Waals surface area contributed by atoms with Crippen molar-refractivity contribution in [1.82, 2.24) is 5.32 Å². The molecule has 0 fully saturated rings. The standard InChI is InChI=1S/C9H20N2O3/c1-2-8(9(10)13)6-11-7-14-5-3-4-12/h8,11-12H,2-7H2,1H3,(H2,10,13). The number of nitrogens with two attached hydrogens (primary N) is 1. The van der Waals surface area contributed by atoms with Gasteiger partial charge in [-0.1, -0.05) is 6.92 Å². The highest BCUT2D eigenvalue weighted by atomic mass is 16.5. The maximum atomic E-state index is 10.8. The molecule has 0 aromatic heterocycles. The van der Waals surface area contributed by atoms with Crippen LogP contribution in [0.2, 0.25) is 0 Å². The quantitative estimate of drug-likeness (QED) is 0.347. The largest absolute Gasteiger partial charge is 0.396 e. The Labute approximate surface area is 84.6 Å². The molecule has 0 aliphatic rings. The molecule has 1 atom stereocenters. The van der Waals surface area contributed by atoms with Crippen LogP contribution in [0.1, 0.15) is 19.8 Å². The van der Waals surface area contributed by atoms with Crippen molar-refractivity contribution in [3.63, 3.8) is 0 Å². The Morgan fingerprint density at radius 2 is 2.36 bits per heavy atom. The molecule has 5 heteroatoms. The summed E-state index contributed by atoms with van der Waals surface area (Å²) in [6.07, 6.45) is 1.37. The number of primary amides is 1. The first-order valence-electron chi connectivity index (χ1n) is 4.91. The van der Waals surface area contributed by atoms with Crippen LogP contribution in [-0.2, 0) is 9.53 Å². The predicted octanol–water partition coefficient (Wildman–Crippen LogP) is -0.556. The van der Waals surface area contributed by atoms with Gasteiger partial charge < -0.3 is 15.6 Å². The number of rotatable bonds is 9. The lowest BCUT2D eigenvalue weighted by Gasteiger charge is -2.11. The van der Waals surface area contributed by atoms with Gasteiger partial charge in [0.15, 0.2) is 0 Å². The number of ether oxygens (including phenoxy) is 1. The lowest BCUT2D eigenvalue weighted by Crippen LogP contribution is -2.33. The van der Waals surface area contributed by atoms with Gasteiger partial charge in [-0.25, -0.2) is 0 Å². The molecule has 4 N–H and O–H groups in total. The van der Waals surface area contributed by atoms with Crippen LogP contribution >= 0.6 is 0 Å². The predicted molar refractivity (Wildman–Crippen MR) is 53.5 cm³/mol. The summed E-state index contributed by atoms with van der Waals surface area (Å²) in [4.78, 5) is 10.8. The molecule has 1 unspecified atom stereocenters. The van der Waals surface area contributed by atoms with E-state index in [2.05, 4.69) is 5.32 Å². The van der Waals surface area contributed by atoms with E-state index in [1.165, 1.54) is 0 Å². The normalized spacial score (nSPS) is 12.7. The molecule has 0 aromatic carbocycles. The van der Waals surface area contributed by atoms with Gasteiger partial charge in [0.1, 0.15) is 0 Å². The minimum atomic E-state index is -0.282. The molecule has 0 rings (SSSR count). The second kappa shape index (κ2) is 8.93. The van der Waals surface area contributed by atoms with Crippen molar-refractivity contribution < 1.29 is 14.6 Å². The van der Waals surface area contributed by atoms with Crippen molar-refractivity contribution in [1.29, 1.82) is 0 Å². The highest BCUT2D eigenvalue weighted by Gasteiger charge is 2.11. The average molecular weight is 204 g/mol. The van der Waals surface area contributed by atoms with Gasteiger partial charge in [0.25, 0.3) is 0 Å². The van der Waals surface area contributed by atoms with Crippen molar-refractivity contribution >= 4 is 5.91 Å². The third kappa shape index (κ3) is 6.82. The molecule has 0 saturated carbocycles. The van der Waals surface area contributed by atoms with Gasteiger partial charge in [0.05, 0.1) is 13.3 Å². The zero-order valence-corrected chi connectivity index (χ0v) is 8.66. The van der Waals surface area contributed by atoms with Crippen molar-refractivity contribution in [2.75, 3.05) is 26.5 Å². The van der Waals surface area contributed by atoms with Gasteiger partial charge in [0.2, 0.25) is 5.91 Å². The molecule has 5 nitrogen and oxygen atoms in total. The molecule has 0 bridgehead atoms. The Balaban J connectivity index is 3.29. The van der Waals surface area contributed by atoms with Gasteiger partial charge in [0, 0.05) is 19.1 Å². The SMILES string of the molecule is CCC(CNCOCCCO)C(N)=O. The van der Waals surface area contributed by atoms with Crippen molar-refractivity contribution in [2.24, 2.45) is 11.7 Å². The Morgan fingerprint density at radius 1 is 1.64 bits per heavy atom. The fraction of sp³-hybridized carbons (Fsp3) is 0.889. The summed E-state index contributed by atoms with van der Waals surface area (Å²) in [7, 11) is 0. The summed E-state index contributed by atoms with van der Waals surface area (Å²) in [6.45, 7) is 3.52. The zero-order valence-electron chi connectivity index (χ0n) is 8.66. The van der Waals surface area contributed by atoms with E-state index in [0.29, 0.717) is 26.3 Å². The minimum absolute atomic E-state index is 0.128. The molecular formula is C9H20N2O3. The summed E-state index contributed by atoms with van der Waals surface area (Å²) in [5.41, 5.74) is 5.16. The van der Waals surface area contributed by atoms with E-state index in [1.807, 2.05) is 6.92 Å². The van der Waals surface area contributed by atoms with Crippen molar-refractivity contribution in [2.45, 2.75) is 19.8 Å². The van der Waals surface area contributed by atoms with E-state index in [-0.39, 0.29) is 18.4 Å². The van der Waals surface area contributed by atoms with E-state index in [9.17, 15) is 4.79 Å². The highest BCUT2D eigenvalue weighted by Crippen LogP contribution is 1.98. The van der Waals surface area contributed by atoms with Crippen molar-refractivity contribution in [3.8, 4) is 0 Å². The van der Waals surface area contributed by atoms with Crippen LogP contribution in [0.4, 0.5) is 0 Å². The molecule has 14 heavy (non-hydrogen) atoms. The van der Waals surface area contributed by atoms with E-state index in [1.54, 1.807) is 0 Å². The molecule has 0 aliphatic heterocycles. The average Bonchev–Trinajstić information content (AvgIpc) is 2.16. The first-order chi connectivity index (χ1) is 6.72. The molecule has 0 heterocycles. The minimum Gasteiger partial charge on any atom is -0.396 e. The van der Waals surface area contributed by atoms with Crippen LogP contribution < -0.4 is 11.1 Å². The summed E-state index contributed by atoms with van der Waals surface area (Å²) in [5, 5.41) is 11.4. The number of hydrogen-bond acceptors (Lipinski definition) is 4. The molecule has 0 saturated heterocycles. The van der Waals surface area contributed by atoms with Crippen LogP contribution in [0, 0.1) is 5.92 Å². The van der Waals surface area contributed by atoms with Gasteiger partial charge in [-0.05, 0) is 12.8 Å². The second-order valence-corrected chi connectivity index (χ2v) is 3.09. The lowest BCUT2D eigenvalue weighted by atomic mass is 10.1. The Bertz CT molecular complexity index is 153. The second-order valence-electron chi connectivity index (χ2n) is 3.09. The monoisotopic (exact) mass is 204 g/mol. The highest BCUT2D eigenvalue weighted by molar-refractivity contribution is 5.76. The van der Waals surface area contributed by atoms with Crippen molar-refractivity contribution in [3.05, 3.63) is 0 Å². The molecule has 0 spiro atoms. The molecule has 0 radical (unpaired) electrons. The Hall–Kier alpha value is -0.650. The fourth-order valence-electron chi connectivity index (χ4n) is 0.990. The number of nitrogens with one attached hydrogen (secondary N) is 1. The summed E-state index contributed by atoms with van der Waals surface area (Å²) < 4.78 is 5.13. The van der Waals surface area contributed by atoms with Crippen LogP contribution in [-0.4, -0.2) is 37.5 Å². The van der Waals surface area contributed by atoms with Crippen LogP contribution in [0.25, 0.3) is 0 Å². The number of carbonyl (C=O) groups excluding carboxylic acids is 1.